The van der Waals surface area contributed by atoms with Crippen LogP contribution in [-0.2, 0) is 9.53 Å². The second kappa shape index (κ2) is 6.96. The van der Waals surface area contributed by atoms with Gasteiger partial charge in [-0.1, -0.05) is 13.8 Å². The van der Waals surface area contributed by atoms with Crippen molar-refractivity contribution in [1.29, 1.82) is 0 Å². The van der Waals surface area contributed by atoms with Crippen molar-refractivity contribution in [3.05, 3.63) is 28.7 Å². The van der Waals surface area contributed by atoms with Gasteiger partial charge in [0.2, 0.25) is 5.91 Å². The summed E-state index contributed by atoms with van der Waals surface area (Å²) >= 11 is 0. The van der Waals surface area contributed by atoms with Crippen molar-refractivity contribution in [2.24, 2.45) is 5.92 Å². The summed E-state index contributed by atoms with van der Waals surface area (Å²) in [7, 11) is 0. The minimum atomic E-state index is -0.382. The lowest BCUT2D eigenvalue weighted by Gasteiger charge is -2.27. The van der Waals surface area contributed by atoms with Gasteiger partial charge in [-0.3, -0.25) is 9.59 Å². The molecule has 2 aromatic rings. The van der Waals surface area contributed by atoms with Crippen LogP contribution in [0, 0.1) is 5.92 Å². The minimum Gasteiger partial charge on any atom is -0.378 e. The average Bonchev–Trinajstić information content (AvgIpc) is 2.57. The number of nitrogens with zero attached hydrogens (tertiary/aromatic N) is 4. The van der Waals surface area contributed by atoms with E-state index in [4.69, 9.17) is 4.74 Å². The third-order valence-electron chi connectivity index (χ3n) is 3.75. The monoisotopic (exact) mass is 331 g/mol. The van der Waals surface area contributed by atoms with Gasteiger partial charge in [0.05, 0.1) is 19.4 Å². The molecular formula is C16H21N5O3. The SMILES string of the molecule is CC(C)CC(=O)Nc1cnc2ccc(N3CCOCC3)nn2c1=O. The molecule has 3 heterocycles. The molecule has 24 heavy (non-hydrogen) atoms. The molecular weight excluding hydrogens is 310 g/mol. The van der Waals surface area contributed by atoms with Gasteiger partial charge >= 0.3 is 0 Å². The number of nitrogens with one attached hydrogen (secondary N) is 1. The molecule has 8 nitrogen and oxygen atoms in total. The maximum Gasteiger partial charge on any atom is 0.298 e. The fourth-order valence-corrected chi connectivity index (χ4v) is 2.57. The smallest absolute Gasteiger partial charge is 0.298 e. The van der Waals surface area contributed by atoms with Crippen LogP contribution in [-0.4, -0.2) is 46.8 Å². The summed E-state index contributed by atoms with van der Waals surface area (Å²) in [5.41, 5.74) is 0.205. The molecule has 0 atom stereocenters. The molecule has 0 aliphatic carbocycles. The number of aromatic nitrogens is 3. The lowest BCUT2D eigenvalue weighted by Crippen LogP contribution is -2.37. The van der Waals surface area contributed by atoms with Gasteiger partial charge in [-0.2, -0.15) is 4.52 Å². The summed E-state index contributed by atoms with van der Waals surface area (Å²) in [4.78, 5) is 30.7. The van der Waals surface area contributed by atoms with Crippen LogP contribution in [0.3, 0.4) is 0 Å². The van der Waals surface area contributed by atoms with E-state index in [9.17, 15) is 9.59 Å². The number of anilines is 2. The Balaban J connectivity index is 1.91. The fourth-order valence-electron chi connectivity index (χ4n) is 2.57. The van der Waals surface area contributed by atoms with E-state index in [1.165, 1.54) is 10.7 Å². The molecule has 1 amide bonds. The van der Waals surface area contributed by atoms with Gasteiger partial charge in [0.25, 0.3) is 5.56 Å². The van der Waals surface area contributed by atoms with Crippen molar-refractivity contribution in [3.63, 3.8) is 0 Å². The summed E-state index contributed by atoms with van der Waals surface area (Å²) in [5, 5.41) is 7.01. The molecule has 0 bridgehead atoms. The van der Waals surface area contributed by atoms with E-state index in [0.717, 1.165) is 13.1 Å². The van der Waals surface area contributed by atoms with Gasteiger partial charge in [-0.25, -0.2) is 4.98 Å². The molecule has 1 aliphatic rings. The Morgan fingerprint density at radius 1 is 1.33 bits per heavy atom. The van der Waals surface area contributed by atoms with E-state index >= 15 is 0 Å². The molecule has 3 rings (SSSR count). The lowest BCUT2D eigenvalue weighted by molar-refractivity contribution is -0.116. The third-order valence-corrected chi connectivity index (χ3v) is 3.75. The zero-order valence-corrected chi connectivity index (χ0v) is 13.9. The highest BCUT2D eigenvalue weighted by Crippen LogP contribution is 2.13. The number of hydrogen-bond donors (Lipinski definition) is 1. The Hall–Kier alpha value is -2.48. The Bertz CT molecular complexity index is 796. The zero-order chi connectivity index (χ0) is 17.1. The number of carbonyl (C=O) groups is 1. The quantitative estimate of drug-likeness (QED) is 0.896. The third kappa shape index (κ3) is 3.53. The van der Waals surface area contributed by atoms with E-state index in [-0.39, 0.29) is 23.1 Å². The molecule has 0 radical (unpaired) electrons. The van der Waals surface area contributed by atoms with Gasteiger partial charge in [0.1, 0.15) is 11.5 Å². The molecule has 1 aliphatic heterocycles. The molecule has 1 N–H and O–H groups in total. The second-order valence-corrected chi connectivity index (χ2v) is 6.18. The summed E-state index contributed by atoms with van der Waals surface area (Å²) in [6.07, 6.45) is 1.73. The summed E-state index contributed by atoms with van der Waals surface area (Å²) < 4.78 is 6.56. The first kappa shape index (κ1) is 16.4. The standard InChI is InChI=1S/C16H21N5O3/c1-11(2)9-15(22)18-12-10-17-13-3-4-14(19-21(13)16(12)23)20-5-7-24-8-6-20/h3-4,10-11H,5-9H2,1-2H3,(H,18,22). The zero-order valence-electron chi connectivity index (χ0n) is 13.9. The van der Waals surface area contributed by atoms with Crippen LogP contribution in [0.4, 0.5) is 11.5 Å². The predicted octanol–water partition coefficient (Wildman–Crippen LogP) is 0.911. The average molecular weight is 331 g/mol. The van der Waals surface area contributed by atoms with E-state index in [0.29, 0.717) is 31.1 Å². The predicted molar refractivity (Wildman–Crippen MR) is 90.4 cm³/mol. The molecule has 128 valence electrons. The van der Waals surface area contributed by atoms with Crippen LogP contribution in [0.2, 0.25) is 0 Å². The van der Waals surface area contributed by atoms with Crippen molar-refractivity contribution in [2.75, 3.05) is 36.5 Å². The Morgan fingerprint density at radius 3 is 2.79 bits per heavy atom. The first-order chi connectivity index (χ1) is 11.5. The van der Waals surface area contributed by atoms with Crippen LogP contribution in [0.25, 0.3) is 5.65 Å². The molecule has 0 unspecified atom stereocenters. The minimum absolute atomic E-state index is 0.143. The van der Waals surface area contributed by atoms with E-state index in [1.807, 2.05) is 19.9 Å². The molecule has 1 saturated heterocycles. The highest BCUT2D eigenvalue weighted by atomic mass is 16.5. The first-order valence-corrected chi connectivity index (χ1v) is 8.06. The highest BCUT2D eigenvalue weighted by Gasteiger charge is 2.15. The summed E-state index contributed by atoms with van der Waals surface area (Å²) in [6.45, 7) is 6.62. The van der Waals surface area contributed by atoms with Crippen molar-refractivity contribution in [3.8, 4) is 0 Å². The van der Waals surface area contributed by atoms with Gasteiger partial charge in [0.15, 0.2) is 5.65 Å². The van der Waals surface area contributed by atoms with Crippen LogP contribution in [0.1, 0.15) is 20.3 Å². The molecule has 0 saturated carbocycles. The molecule has 1 fully saturated rings. The van der Waals surface area contributed by atoms with Gasteiger partial charge < -0.3 is 15.0 Å². The van der Waals surface area contributed by atoms with E-state index in [2.05, 4.69) is 20.3 Å². The van der Waals surface area contributed by atoms with Crippen LogP contribution >= 0.6 is 0 Å². The van der Waals surface area contributed by atoms with Crippen molar-refractivity contribution in [1.82, 2.24) is 14.6 Å². The van der Waals surface area contributed by atoms with E-state index < -0.39 is 0 Å². The van der Waals surface area contributed by atoms with Crippen molar-refractivity contribution in [2.45, 2.75) is 20.3 Å². The molecule has 8 heteroatoms. The Labute approximate surface area is 139 Å². The number of rotatable bonds is 4. The fraction of sp³-hybridized carbons (Fsp3) is 0.500. The summed E-state index contributed by atoms with van der Waals surface area (Å²) in [5.74, 6) is 0.709. The Morgan fingerprint density at radius 2 is 2.08 bits per heavy atom. The topological polar surface area (TPSA) is 88.8 Å². The summed E-state index contributed by atoms with van der Waals surface area (Å²) in [6, 6.07) is 3.59. The van der Waals surface area contributed by atoms with Gasteiger partial charge in [0, 0.05) is 19.5 Å². The Kier molecular flexibility index (Phi) is 4.75. The molecule has 2 aromatic heterocycles. The maximum atomic E-state index is 12.6. The normalized spacial score (nSPS) is 15.0. The lowest BCUT2D eigenvalue weighted by atomic mass is 10.1. The van der Waals surface area contributed by atoms with Gasteiger partial charge in [-0.05, 0) is 18.1 Å². The highest BCUT2D eigenvalue weighted by molar-refractivity contribution is 5.90. The van der Waals surface area contributed by atoms with Crippen LogP contribution in [0.15, 0.2) is 23.1 Å². The van der Waals surface area contributed by atoms with Gasteiger partial charge in [-0.15, -0.1) is 5.10 Å². The van der Waals surface area contributed by atoms with E-state index in [1.54, 1.807) is 6.07 Å². The maximum absolute atomic E-state index is 12.6. The number of hydrogen-bond acceptors (Lipinski definition) is 6. The largest absolute Gasteiger partial charge is 0.378 e. The number of ether oxygens (including phenoxy) is 1. The van der Waals surface area contributed by atoms with Crippen LogP contribution in [0.5, 0.6) is 0 Å². The number of amides is 1. The molecule has 0 aromatic carbocycles. The number of morpholine rings is 1. The first-order valence-electron chi connectivity index (χ1n) is 8.06. The van der Waals surface area contributed by atoms with Crippen molar-refractivity contribution < 1.29 is 9.53 Å². The molecule has 0 spiro atoms. The second-order valence-electron chi connectivity index (χ2n) is 6.18. The van der Waals surface area contributed by atoms with Crippen LogP contribution < -0.4 is 15.8 Å². The number of carbonyl (C=O) groups excluding carboxylic acids is 1. The number of fused-ring (bicyclic) bond motifs is 1. The van der Waals surface area contributed by atoms with Crippen molar-refractivity contribution >= 4 is 23.1 Å².